The minimum atomic E-state index is 0.597. The number of rotatable bonds is 10. The quantitative estimate of drug-likeness (QED) is 0.136. The zero-order valence-corrected chi connectivity index (χ0v) is 34.7. The molecule has 9 aromatic carbocycles. The second kappa shape index (κ2) is 16.9. The summed E-state index contributed by atoms with van der Waals surface area (Å²) in [6.45, 7) is 0. The number of ether oxygens (including phenoxy) is 1. The van der Waals surface area contributed by atoms with Crippen molar-refractivity contribution in [3.63, 3.8) is 0 Å². The Bertz CT molecular complexity index is 2900. The lowest BCUT2D eigenvalue weighted by Gasteiger charge is -2.35. The Kier molecular flexibility index (Phi) is 10.1. The van der Waals surface area contributed by atoms with Crippen LogP contribution in [0.4, 0.5) is 51.2 Å². The van der Waals surface area contributed by atoms with Crippen LogP contribution in [0.5, 0.6) is 11.5 Å². The fourth-order valence-corrected chi connectivity index (χ4v) is 8.24. The molecule has 1 aliphatic rings. The second-order valence-corrected chi connectivity index (χ2v) is 15.3. The molecule has 0 spiro atoms. The summed E-state index contributed by atoms with van der Waals surface area (Å²) < 4.78 is 7.04. The highest BCUT2D eigenvalue weighted by molar-refractivity contribution is 5.91. The first-order valence-electron chi connectivity index (χ1n) is 21.3. The fraction of sp³-hybridized carbons (Fsp3) is 0. The van der Waals surface area contributed by atoms with Gasteiger partial charge in [0.05, 0.1) is 11.4 Å². The van der Waals surface area contributed by atoms with Crippen molar-refractivity contribution in [2.45, 2.75) is 0 Å². The van der Waals surface area contributed by atoms with Gasteiger partial charge in [0.1, 0.15) is 0 Å². The third-order valence-electron chi connectivity index (χ3n) is 11.2. The van der Waals surface area contributed by atoms with Crippen molar-refractivity contribution in [3.05, 3.63) is 243 Å². The normalized spacial score (nSPS) is 11.5. The van der Waals surface area contributed by atoms with Crippen molar-refractivity contribution in [2.75, 3.05) is 14.7 Å². The lowest BCUT2D eigenvalue weighted by atomic mass is 10.1. The van der Waals surface area contributed by atoms with Crippen LogP contribution >= 0.6 is 0 Å². The summed E-state index contributed by atoms with van der Waals surface area (Å²) in [6, 6.07) is 83.2. The molecule has 7 nitrogen and oxygen atoms in total. The number of anilines is 9. The van der Waals surface area contributed by atoms with Crippen LogP contribution < -0.4 is 19.4 Å². The summed E-state index contributed by atoms with van der Waals surface area (Å²) in [6.07, 6.45) is 0. The molecule has 0 atom stereocenters. The zero-order valence-electron chi connectivity index (χ0n) is 34.7. The average molecular weight is 825 g/mol. The van der Waals surface area contributed by atoms with Gasteiger partial charge in [-0.05, 0) is 97.1 Å². The van der Waals surface area contributed by atoms with Crippen LogP contribution in [0.1, 0.15) is 0 Å². The van der Waals surface area contributed by atoms with E-state index in [0.717, 1.165) is 79.4 Å². The van der Waals surface area contributed by atoms with Crippen molar-refractivity contribution in [2.24, 2.45) is 0 Å². The molecule has 64 heavy (non-hydrogen) atoms. The number of hydrogen-bond donors (Lipinski definition) is 0. The van der Waals surface area contributed by atoms with E-state index in [-0.39, 0.29) is 0 Å². The molecule has 7 heteroatoms. The Morgan fingerprint density at radius 3 is 0.953 bits per heavy atom. The van der Waals surface area contributed by atoms with Gasteiger partial charge in [-0.1, -0.05) is 133 Å². The van der Waals surface area contributed by atoms with Crippen LogP contribution in [0.2, 0.25) is 0 Å². The Balaban J connectivity index is 1.04. The summed E-state index contributed by atoms with van der Waals surface area (Å²) in [5.74, 6) is 3.30. The predicted molar refractivity (Wildman–Crippen MR) is 260 cm³/mol. The van der Waals surface area contributed by atoms with Gasteiger partial charge in [0.15, 0.2) is 29.0 Å². The van der Waals surface area contributed by atoms with Crippen LogP contribution in [0.3, 0.4) is 0 Å². The predicted octanol–water partition coefficient (Wildman–Crippen LogP) is 15.4. The zero-order chi connectivity index (χ0) is 42.7. The lowest BCUT2D eigenvalue weighted by Crippen LogP contribution is -2.18. The minimum absolute atomic E-state index is 0.597. The van der Waals surface area contributed by atoms with E-state index in [2.05, 4.69) is 172 Å². The maximum absolute atomic E-state index is 7.04. The fourth-order valence-electron chi connectivity index (χ4n) is 8.24. The largest absolute Gasteiger partial charge is 0.453 e. The number of nitrogens with zero attached hydrogens (tertiary/aromatic N) is 6. The summed E-state index contributed by atoms with van der Waals surface area (Å²) in [5, 5.41) is 0. The molecular weight excluding hydrogens is 785 g/mol. The van der Waals surface area contributed by atoms with E-state index < -0.39 is 0 Å². The van der Waals surface area contributed by atoms with Crippen molar-refractivity contribution >= 4 is 51.2 Å². The molecule has 0 N–H and O–H groups in total. The minimum Gasteiger partial charge on any atom is -0.453 e. The van der Waals surface area contributed by atoms with Crippen LogP contribution in [-0.2, 0) is 0 Å². The highest BCUT2D eigenvalue weighted by Gasteiger charge is 2.29. The topological polar surface area (TPSA) is 57.6 Å². The summed E-state index contributed by atoms with van der Waals surface area (Å²) in [7, 11) is 0. The molecule has 0 amide bonds. The molecule has 1 aliphatic heterocycles. The van der Waals surface area contributed by atoms with Gasteiger partial charge in [-0.25, -0.2) is 15.0 Å². The molecule has 0 radical (unpaired) electrons. The van der Waals surface area contributed by atoms with E-state index in [0.29, 0.717) is 17.5 Å². The molecule has 0 fully saturated rings. The van der Waals surface area contributed by atoms with Gasteiger partial charge in [-0.15, -0.1) is 0 Å². The molecule has 11 rings (SSSR count). The van der Waals surface area contributed by atoms with Crippen molar-refractivity contribution in [1.29, 1.82) is 0 Å². The third kappa shape index (κ3) is 7.48. The summed E-state index contributed by atoms with van der Waals surface area (Å²) in [5.41, 5.74) is 11.7. The summed E-state index contributed by atoms with van der Waals surface area (Å²) in [4.78, 5) is 21.7. The van der Waals surface area contributed by atoms with E-state index in [1.54, 1.807) is 0 Å². The van der Waals surface area contributed by atoms with Crippen LogP contribution in [0.15, 0.2) is 243 Å². The highest BCUT2D eigenvalue weighted by Crippen LogP contribution is 2.54. The number of fused-ring (bicyclic) bond motifs is 2. The van der Waals surface area contributed by atoms with Gasteiger partial charge in [0, 0.05) is 68.6 Å². The molecule has 0 unspecified atom stereocenters. The van der Waals surface area contributed by atoms with E-state index in [4.69, 9.17) is 19.7 Å². The monoisotopic (exact) mass is 824 g/mol. The van der Waals surface area contributed by atoms with Gasteiger partial charge >= 0.3 is 0 Å². The maximum atomic E-state index is 7.04. The van der Waals surface area contributed by atoms with Crippen molar-refractivity contribution < 1.29 is 4.74 Å². The third-order valence-corrected chi connectivity index (χ3v) is 11.2. The molecule has 1 aromatic heterocycles. The molecule has 0 saturated carbocycles. The average Bonchev–Trinajstić information content (AvgIpc) is 3.37. The Morgan fingerprint density at radius 1 is 0.297 bits per heavy atom. The van der Waals surface area contributed by atoms with Crippen LogP contribution in [0.25, 0.3) is 34.2 Å². The smallest absolute Gasteiger partial charge is 0.164 e. The van der Waals surface area contributed by atoms with E-state index in [1.165, 1.54) is 0 Å². The van der Waals surface area contributed by atoms with Gasteiger partial charge in [-0.3, -0.25) is 0 Å². The Labute approximate surface area is 372 Å². The standard InChI is InChI=1S/C57H40N6O/c1-7-19-41(20-8-1)55-58-56(42-21-9-2-10-22-42)60-57(59-55)43-31-33-48(34-32-43)63-51-37-35-49(61(44-23-11-3-12-24-44)45-25-13-4-14-26-45)39-53(51)64-54-40-50(36-38-52(54)63)62(46-27-15-5-16-28-46)47-29-17-6-18-30-47/h1-40H. The molecule has 0 bridgehead atoms. The first-order valence-corrected chi connectivity index (χ1v) is 21.3. The maximum Gasteiger partial charge on any atom is 0.164 e. The summed E-state index contributed by atoms with van der Waals surface area (Å²) >= 11 is 0. The molecule has 304 valence electrons. The van der Waals surface area contributed by atoms with E-state index in [9.17, 15) is 0 Å². The van der Waals surface area contributed by atoms with Gasteiger partial charge in [0.25, 0.3) is 0 Å². The van der Waals surface area contributed by atoms with Gasteiger partial charge in [-0.2, -0.15) is 0 Å². The van der Waals surface area contributed by atoms with E-state index in [1.807, 2.05) is 84.9 Å². The Hall–Kier alpha value is -8.81. The van der Waals surface area contributed by atoms with Crippen LogP contribution in [0, 0.1) is 0 Å². The van der Waals surface area contributed by atoms with Crippen molar-refractivity contribution in [3.8, 4) is 45.7 Å². The SMILES string of the molecule is c1ccc(-c2nc(-c3ccccc3)nc(-c3ccc(N4c5ccc(N(c6ccccc6)c6ccccc6)cc5Oc5cc(N(c6ccccc6)c6ccccc6)ccc54)cc3)n2)cc1. The highest BCUT2D eigenvalue weighted by atomic mass is 16.5. The number of hydrogen-bond acceptors (Lipinski definition) is 7. The van der Waals surface area contributed by atoms with E-state index >= 15 is 0 Å². The molecule has 0 aliphatic carbocycles. The number of aromatic nitrogens is 3. The first-order chi connectivity index (χ1) is 31.7. The van der Waals surface area contributed by atoms with Gasteiger partial charge in [0.2, 0.25) is 0 Å². The molecule has 2 heterocycles. The second-order valence-electron chi connectivity index (χ2n) is 15.3. The lowest BCUT2D eigenvalue weighted by molar-refractivity contribution is 0.477. The number of benzene rings is 9. The molecule has 0 saturated heterocycles. The molecular formula is C57H40N6O. The van der Waals surface area contributed by atoms with Crippen LogP contribution in [-0.4, -0.2) is 15.0 Å². The first kappa shape index (κ1) is 38.1. The van der Waals surface area contributed by atoms with Crippen molar-refractivity contribution in [1.82, 2.24) is 15.0 Å². The molecule has 10 aromatic rings. The van der Waals surface area contributed by atoms with Gasteiger partial charge < -0.3 is 19.4 Å². The number of para-hydroxylation sites is 4. The Morgan fingerprint density at radius 2 is 0.609 bits per heavy atom.